The van der Waals surface area contributed by atoms with Gasteiger partial charge in [0.1, 0.15) is 37.8 Å². The zero-order valence-electron chi connectivity index (χ0n) is 19.9. The Bertz CT molecular complexity index is 874. The Hall–Kier alpha value is -3.24. The Balaban J connectivity index is 0.000000201. The highest BCUT2D eigenvalue weighted by atomic mass is 19.1. The first-order valence-electron chi connectivity index (χ1n) is 11.9. The van der Waals surface area contributed by atoms with Crippen molar-refractivity contribution in [2.45, 2.75) is 50.6 Å². The molecule has 10 heteroatoms. The molecule has 2 aliphatic rings. The number of likely N-dealkylation sites (tertiary alicyclic amines) is 2. The van der Waals surface area contributed by atoms with Gasteiger partial charge in [-0.25, -0.2) is 18.4 Å². The number of nitrogens with zero attached hydrogens (tertiary/aromatic N) is 2. The summed E-state index contributed by atoms with van der Waals surface area (Å²) in [7, 11) is 0. The molecule has 0 aromatic heterocycles. The van der Waals surface area contributed by atoms with Gasteiger partial charge in [-0.1, -0.05) is 60.7 Å². The van der Waals surface area contributed by atoms with Crippen LogP contribution < -0.4 is 0 Å². The van der Waals surface area contributed by atoms with Gasteiger partial charge in [-0.2, -0.15) is 0 Å². The summed E-state index contributed by atoms with van der Waals surface area (Å²) in [6.07, 6.45) is -5.42. The smallest absolute Gasteiger partial charge is 0.410 e. The third-order valence-electron chi connectivity index (χ3n) is 5.93. The largest absolute Gasteiger partial charge is 0.445 e. The summed E-state index contributed by atoms with van der Waals surface area (Å²) in [4.78, 5) is 26.1. The van der Waals surface area contributed by atoms with Crippen LogP contribution in [0.4, 0.5) is 18.4 Å². The van der Waals surface area contributed by atoms with E-state index in [1.165, 1.54) is 9.80 Å². The van der Waals surface area contributed by atoms with E-state index in [-0.39, 0.29) is 52.2 Å². The van der Waals surface area contributed by atoms with Crippen molar-refractivity contribution in [1.29, 1.82) is 0 Å². The topological polar surface area (TPSA) is 99.5 Å². The molecular formula is C26H32F2N2O6. The van der Waals surface area contributed by atoms with Crippen LogP contribution in [0.25, 0.3) is 0 Å². The normalized spacial score (nSPS) is 23.8. The quantitative estimate of drug-likeness (QED) is 0.659. The summed E-state index contributed by atoms with van der Waals surface area (Å²) in [6.45, 7) is 0.928. The minimum atomic E-state index is -1.25. The number of halogens is 2. The number of rotatable bonds is 4. The van der Waals surface area contributed by atoms with E-state index in [0.29, 0.717) is 0 Å². The minimum absolute atomic E-state index is 0.00517. The van der Waals surface area contributed by atoms with Gasteiger partial charge in [0.05, 0.1) is 13.1 Å². The van der Waals surface area contributed by atoms with Crippen LogP contribution in [-0.2, 0) is 22.7 Å². The van der Waals surface area contributed by atoms with Crippen LogP contribution in [0.5, 0.6) is 0 Å². The highest BCUT2D eigenvalue weighted by Gasteiger charge is 2.31. The van der Waals surface area contributed by atoms with Gasteiger partial charge in [-0.05, 0) is 24.0 Å². The number of β-amino-alcohol motifs (C(OH)–C–C–N with tert-alkyl or cyclic N) is 2. The average Bonchev–Trinajstić information content (AvgIpc) is 2.90. The molecule has 8 nitrogen and oxygen atoms in total. The van der Waals surface area contributed by atoms with E-state index in [9.17, 15) is 28.6 Å². The molecule has 2 aliphatic heterocycles. The molecule has 2 aromatic rings. The van der Waals surface area contributed by atoms with Crippen LogP contribution >= 0.6 is 0 Å². The number of amides is 2. The van der Waals surface area contributed by atoms with Crippen LogP contribution in [-0.4, -0.2) is 82.9 Å². The zero-order chi connectivity index (χ0) is 25.9. The van der Waals surface area contributed by atoms with Crippen LogP contribution in [0.2, 0.25) is 0 Å². The highest BCUT2D eigenvalue weighted by molar-refractivity contribution is 5.68. The summed E-state index contributed by atoms with van der Waals surface area (Å²) in [6, 6.07) is 18.6. The van der Waals surface area contributed by atoms with Gasteiger partial charge in [0.15, 0.2) is 0 Å². The van der Waals surface area contributed by atoms with E-state index < -0.39 is 36.7 Å². The summed E-state index contributed by atoms with van der Waals surface area (Å²) in [5.74, 6) is 0. The average molecular weight is 507 g/mol. The first kappa shape index (κ1) is 27.3. The van der Waals surface area contributed by atoms with Crippen molar-refractivity contribution >= 4 is 12.2 Å². The Kier molecular flexibility index (Phi) is 10.4. The number of carbonyl (C=O) groups is 2. The van der Waals surface area contributed by atoms with Crippen LogP contribution in [0.1, 0.15) is 24.0 Å². The number of hydrogen-bond donors (Lipinski definition) is 2. The van der Waals surface area contributed by atoms with Crippen LogP contribution in [0.3, 0.4) is 0 Å². The fraction of sp³-hybridized carbons (Fsp3) is 0.462. The molecule has 2 saturated heterocycles. The summed E-state index contributed by atoms with van der Waals surface area (Å²) in [5, 5.41) is 18.7. The van der Waals surface area contributed by atoms with Crippen molar-refractivity contribution in [3.8, 4) is 0 Å². The molecule has 2 aromatic carbocycles. The minimum Gasteiger partial charge on any atom is -0.445 e. The third kappa shape index (κ3) is 8.46. The SMILES string of the molecule is O=C(OCc1ccccc1)N1CC[C@@H](F)[C@@H](O)C1.O=C(OCc1ccccc1)N1CC[C@H](F)[C@H](O)C1. The number of alkyl halides is 2. The zero-order valence-corrected chi connectivity index (χ0v) is 19.9. The molecule has 0 unspecified atom stereocenters. The summed E-state index contributed by atoms with van der Waals surface area (Å²) >= 11 is 0. The van der Waals surface area contributed by atoms with Gasteiger partial charge in [0.25, 0.3) is 0 Å². The number of hydrogen-bond acceptors (Lipinski definition) is 6. The van der Waals surface area contributed by atoms with Crippen molar-refractivity contribution in [3.63, 3.8) is 0 Å². The van der Waals surface area contributed by atoms with Gasteiger partial charge in [0, 0.05) is 13.1 Å². The fourth-order valence-electron chi connectivity index (χ4n) is 3.76. The van der Waals surface area contributed by atoms with E-state index >= 15 is 0 Å². The highest BCUT2D eigenvalue weighted by Crippen LogP contribution is 2.16. The maximum Gasteiger partial charge on any atom is 0.410 e. The molecule has 2 amide bonds. The lowest BCUT2D eigenvalue weighted by atomic mass is 10.1. The van der Waals surface area contributed by atoms with Crippen LogP contribution in [0, 0.1) is 0 Å². The number of aliphatic hydroxyl groups excluding tert-OH is 2. The van der Waals surface area contributed by atoms with Crippen molar-refractivity contribution in [2.24, 2.45) is 0 Å². The molecule has 0 saturated carbocycles. The van der Waals surface area contributed by atoms with Crippen molar-refractivity contribution in [1.82, 2.24) is 9.80 Å². The Morgan fingerprint density at radius 3 is 1.42 bits per heavy atom. The number of benzene rings is 2. The van der Waals surface area contributed by atoms with Crippen molar-refractivity contribution in [3.05, 3.63) is 71.8 Å². The monoisotopic (exact) mass is 506 g/mol. The molecule has 2 fully saturated rings. The first-order valence-corrected chi connectivity index (χ1v) is 11.9. The summed E-state index contributed by atoms with van der Waals surface area (Å²) in [5.41, 5.74) is 1.79. The fourth-order valence-corrected chi connectivity index (χ4v) is 3.76. The lowest BCUT2D eigenvalue weighted by Crippen LogP contribution is -2.47. The van der Waals surface area contributed by atoms with Gasteiger partial charge in [-0.15, -0.1) is 0 Å². The number of aliphatic hydroxyl groups is 2. The predicted molar refractivity (Wildman–Crippen MR) is 127 cm³/mol. The second-order valence-electron chi connectivity index (χ2n) is 8.72. The van der Waals surface area contributed by atoms with E-state index in [2.05, 4.69) is 0 Å². The van der Waals surface area contributed by atoms with E-state index in [0.717, 1.165) is 11.1 Å². The van der Waals surface area contributed by atoms with Crippen molar-refractivity contribution in [2.75, 3.05) is 26.2 Å². The molecular weight excluding hydrogens is 474 g/mol. The maximum absolute atomic E-state index is 13.0. The Morgan fingerprint density at radius 2 is 1.08 bits per heavy atom. The van der Waals surface area contributed by atoms with Gasteiger partial charge >= 0.3 is 12.2 Å². The first-order chi connectivity index (χ1) is 17.3. The number of piperidine rings is 2. The van der Waals surface area contributed by atoms with Crippen LogP contribution in [0.15, 0.2) is 60.7 Å². The van der Waals surface area contributed by atoms with E-state index in [4.69, 9.17) is 9.47 Å². The lowest BCUT2D eigenvalue weighted by molar-refractivity contribution is -0.000347. The molecule has 4 rings (SSSR count). The number of carbonyl (C=O) groups excluding carboxylic acids is 2. The second-order valence-corrected chi connectivity index (χ2v) is 8.72. The summed E-state index contributed by atoms with van der Waals surface area (Å²) < 4.78 is 36.3. The maximum atomic E-state index is 13.0. The molecule has 0 radical (unpaired) electrons. The lowest BCUT2D eigenvalue weighted by Gasteiger charge is -2.31. The molecule has 36 heavy (non-hydrogen) atoms. The predicted octanol–water partition coefficient (Wildman–Crippen LogP) is 3.46. The van der Waals surface area contributed by atoms with Gasteiger partial charge < -0.3 is 29.5 Å². The molecule has 2 N–H and O–H groups in total. The molecule has 0 bridgehead atoms. The van der Waals surface area contributed by atoms with Gasteiger partial charge in [0.2, 0.25) is 0 Å². The Morgan fingerprint density at radius 1 is 0.722 bits per heavy atom. The molecule has 2 heterocycles. The van der Waals surface area contributed by atoms with E-state index in [1.54, 1.807) is 0 Å². The third-order valence-corrected chi connectivity index (χ3v) is 5.93. The Labute approximate surface area is 209 Å². The molecule has 0 spiro atoms. The number of ether oxygens (including phenoxy) is 2. The van der Waals surface area contributed by atoms with Crippen molar-refractivity contribution < 1.29 is 38.1 Å². The molecule has 4 atom stereocenters. The van der Waals surface area contributed by atoms with Gasteiger partial charge in [-0.3, -0.25) is 0 Å². The molecule has 0 aliphatic carbocycles. The van der Waals surface area contributed by atoms with E-state index in [1.807, 2.05) is 60.7 Å². The standard InChI is InChI=1S/2C13H16FNO3/c2*14-11-6-7-15(8-12(11)16)13(17)18-9-10-4-2-1-3-5-10/h2*1-5,11-12,16H,6-9H2/t2*11-,12+/m10/s1. The molecule has 196 valence electrons. The second kappa shape index (κ2) is 13.7.